The Morgan fingerprint density at radius 2 is 1.76 bits per heavy atom. The van der Waals surface area contributed by atoms with Crippen molar-refractivity contribution < 1.29 is 13.2 Å². The van der Waals surface area contributed by atoms with Crippen LogP contribution in [0.15, 0.2) is 35.2 Å². The smallest absolute Gasteiger partial charge is 0.258 e. The van der Waals surface area contributed by atoms with Crippen LogP contribution in [0.2, 0.25) is 0 Å². The molecule has 180 valence electrons. The summed E-state index contributed by atoms with van der Waals surface area (Å²) in [7, 11) is -3.52. The van der Waals surface area contributed by atoms with E-state index in [0.29, 0.717) is 35.8 Å². The minimum atomic E-state index is -3.52. The fourth-order valence-electron chi connectivity index (χ4n) is 4.87. The Morgan fingerprint density at radius 1 is 1.03 bits per heavy atom. The van der Waals surface area contributed by atoms with E-state index in [-0.39, 0.29) is 10.8 Å². The number of carbonyl (C=O) groups excluding carboxylic acids is 1. The molecule has 2 aromatic heterocycles. The van der Waals surface area contributed by atoms with Gasteiger partial charge in [0.25, 0.3) is 5.91 Å². The van der Waals surface area contributed by atoms with Crippen molar-refractivity contribution in [2.45, 2.75) is 63.8 Å². The lowest BCUT2D eigenvalue weighted by Gasteiger charge is -2.29. The first-order valence-corrected chi connectivity index (χ1v) is 13.6. The average Bonchev–Trinajstić information content (AvgIpc) is 2.99. The number of aromatic nitrogens is 3. The second-order valence-corrected chi connectivity index (χ2v) is 11.5. The molecule has 2 aliphatic rings. The summed E-state index contributed by atoms with van der Waals surface area (Å²) in [5.41, 5.74) is 3.18. The van der Waals surface area contributed by atoms with Crippen LogP contribution in [-0.4, -0.2) is 46.3 Å². The summed E-state index contributed by atoms with van der Waals surface area (Å²) in [6.07, 6.45) is 6.00. The van der Waals surface area contributed by atoms with E-state index >= 15 is 0 Å². The minimum absolute atomic E-state index is 0.250. The van der Waals surface area contributed by atoms with E-state index in [4.69, 9.17) is 4.98 Å². The minimum Gasteiger partial charge on any atom is -0.322 e. The van der Waals surface area contributed by atoms with Gasteiger partial charge in [-0.15, -0.1) is 0 Å². The van der Waals surface area contributed by atoms with Crippen molar-refractivity contribution in [2.24, 2.45) is 5.92 Å². The SMILES string of the molecule is Cc1cc(C(=O)Nc2ccc(S(=O)(=O)N3CCC(C)CC3)cc2)c2nc3n(c2n1)CCCCC3. The molecular weight excluding hydrogens is 450 g/mol. The zero-order valence-electron chi connectivity index (χ0n) is 19.7. The molecule has 0 spiro atoms. The third-order valence-corrected chi connectivity index (χ3v) is 8.84. The van der Waals surface area contributed by atoms with Crippen molar-refractivity contribution in [1.29, 1.82) is 0 Å². The number of imidazole rings is 1. The number of nitrogens with one attached hydrogen (secondary N) is 1. The Morgan fingerprint density at radius 3 is 2.50 bits per heavy atom. The largest absolute Gasteiger partial charge is 0.322 e. The standard InChI is InChI=1S/C25H31N5O3S/c1-17-11-14-29(15-12-17)34(32,33)20-9-7-19(8-10-20)27-25(31)21-16-18(2)26-24-23(21)28-22-6-4-3-5-13-30(22)24/h7-10,16-17H,3-6,11-15H2,1-2H3,(H,27,31). The molecule has 2 aliphatic heterocycles. The van der Waals surface area contributed by atoms with Crippen molar-refractivity contribution in [3.8, 4) is 0 Å². The molecule has 0 radical (unpaired) electrons. The van der Waals surface area contributed by atoms with E-state index in [2.05, 4.69) is 21.8 Å². The number of aryl methyl sites for hydroxylation is 3. The van der Waals surface area contributed by atoms with Crippen molar-refractivity contribution >= 4 is 32.8 Å². The van der Waals surface area contributed by atoms with Gasteiger partial charge in [-0.3, -0.25) is 4.79 Å². The van der Waals surface area contributed by atoms with Crippen molar-refractivity contribution in [1.82, 2.24) is 18.8 Å². The summed E-state index contributed by atoms with van der Waals surface area (Å²) in [6, 6.07) is 8.18. The van der Waals surface area contributed by atoms with E-state index in [1.807, 2.05) is 6.92 Å². The quantitative estimate of drug-likeness (QED) is 0.604. The number of hydrogen-bond donors (Lipinski definition) is 1. The zero-order valence-corrected chi connectivity index (χ0v) is 20.6. The van der Waals surface area contributed by atoms with Crippen LogP contribution in [-0.2, 0) is 23.0 Å². The van der Waals surface area contributed by atoms with Crippen molar-refractivity contribution in [3.63, 3.8) is 0 Å². The van der Waals surface area contributed by atoms with Crippen LogP contribution < -0.4 is 5.32 Å². The normalized spacial score (nSPS) is 17.9. The molecule has 34 heavy (non-hydrogen) atoms. The Bertz CT molecular complexity index is 1320. The maximum atomic E-state index is 13.2. The highest BCUT2D eigenvalue weighted by molar-refractivity contribution is 7.89. The second kappa shape index (κ2) is 9.11. The fraction of sp³-hybridized carbons (Fsp3) is 0.480. The third kappa shape index (κ3) is 4.34. The Labute approximate surface area is 200 Å². The van der Waals surface area contributed by atoms with Crippen LogP contribution in [0.1, 0.15) is 60.9 Å². The number of benzene rings is 1. The topological polar surface area (TPSA) is 97.2 Å². The predicted molar refractivity (Wildman–Crippen MR) is 131 cm³/mol. The molecule has 0 aliphatic carbocycles. The second-order valence-electron chi connectivity index (χ2n) is 9.54. The molecule has 0 bridgehead atoms. The maximum absolute atomic E-state index is 13.2. The van der Waals surface area contributed by atoms with Crippen molar-refractivity contribution in [3.05, 3.63) is 47.4 Å². The molecule has 4 heterocycles. The van der Waals surface area contributed by atoms with Gasteiger partial charge in [-0.05, 0) is 68.9 Å². The first kappa shape index (κ1) is 23.0. The molecule has 0 atom stereocenters. The van der Waals surface area contributed by atoms with Gasteiger partial charge in [-0.25, -0.2) is 18.4 Å². The maximum Gasteiger partial charge on any atom is 0.258 e. The van der Waals surface area contributed by atoms with Gasteiger partial charge in [0.2, 0.25) is 10.0 Å². The molecule has 1 amide bonds. The summed E-state index contributed by atoms with van der Waals surface area (Å²) in [4.78, 5) is 22.9. The lowest BCUT2D eigenvalue weighted by Crippen LogP contribution is -2.37. The molecule has 1 N–H and O–H groups in total. The van der Waals surface area contributed by atoms with Gasteiger partial charge in [-0.1, -0.05) is 13.3 Å². The lowest BCUT2D eigenvalue weighted by atomic mass is 10.0. The van der Waals surface area contributed by atoms with Crippen LogP contribution in [0.4, 0.5) is 5.69 Å². The molecule has 1 saturated heterocycles. The number of rotatable bonds is 4. The predicted octanol–water partition coefficient (Wildman–Crippen LogP) is 4.14. The number of carbonyl (C=O) groups is 1. The van der Waals surface area contributed by atoms with Crippen LogP contribution >= 0.6 is 0 Å². The van der Waals surface area contributed by atoms with E-state index < -0.39 is 10.0 Å². The van der Waals surface area contributed by atoms with E-state index in [0.717, 1.165) is 55.8 Å². The molecule has 1 fully saturated rings. The first-order valence-electron chi connectivity index (χ1n) is 12.1. The van der Waals surface area contributed by atoms with Gasteiger partial charge in [0.05, 0.1) is 10.5 Å². The summed E-state index contributed by atoms with van der Waals surface area (Å²) >= 11 is 0. The van der Waals surface area contributed by atoms with Gasteiger partial charge in [-0.2, -0.15) is 4.31 Å². The number of amides is 1. The Kier molecular flexibility index (Phi) is 6.16. The summed E-state index contributed by atoms with van der Waals surface area (Å²) in [6.45, 7) is 6.00. The monoisotopic (exact) mass is 481 g/mol. The highest BCUT2D eigenvalue weighted by atomic mass is 32.2. The molecule has 5 rings (SSSR count). The van der Waals surface area contributed by atoms with Gasteiger partial charge in [0.1, 0.15) is 11.3 Å². The number of nitrogens with zero attached hydrogens (tertiary/aromatic N) is 4. The summed E-state index contributed by atoms with van der Waals surface area (Å²) < 4.78 is 29.7. The molecular formula is C25H31N5O3S. The first-order chi connectivity index (χ1) is 16.3. The molecule has 3 aromatic rings. The molecule has 0 saturated carbocycles. The van der Waals surface area contributed by atoms with Crippen LogP contribution in [0, 0.1) is 12.8 Å². The van der Waals surface area contributed by atoms with Crippen molar-refractivity contribution in [2.75, 3.05) is 18.4 Å². The average molecular weight is 482 g/mol. The number of piperidine rings is 1. The van der Waals surface area contributed by atoms with Gasteiger partial charge in [0.15, 0.2) is 5.65 Å². The number of pyridine rings is 1. The fourth-order valence-corrected chi connectivity index (χ4v) is 6.34. The molecule has 8 nitrogen and oxygen atoms in total. The highest BCUT2D eigenvalue weighted by Crippen LogP contribution is 2.26. The van der Waals surface area contributed by atoms with Gasteiger partial charge >= 0.3 is 0 Å². The van der Waals surface area contributed by atoms with E-state index in [1.54, 1.807) is 34.6 Å². The highest BCUT2D eigenvalue weighted by Gasteiger charge is 2.28. The Hall–Kier alpha value is -2.78. The number of anilines is 1. The Balaban J connectivity index is 1.38. The van der Waals surface area contributed by atoms with Gasteiger partial charge < -0.3 is 9.88 Å². The number of hydrogen-bond acceptors (Lipinski definition) is 5. The third-order valence-electron chi connectivity index (χ3n) is 6.93. The lowest BCUT2D eigenvalue weighted by molar-refractivity contribution is 0.102. The molecule has 1 aromatic carbocycles. The van der Waals surface area contributed by atoms with Crippen LogP contribution in [0.25, 0.3) is 11.2 Å². The summed E-state index contributed by atoms with van der Waals surface area (Å²) in [5, 5.41) is 2.91. The van der Waals surface area contributed by atoms with Crippen LogP contribution in [0.3, 0.4) is 0 Å². The molecule has 9 heteroatoms. The van der Waals surface area contributed by atoms with E-state index in [1.165, 1.54) is 6.42 Å². The van der Waals surface area contributed by atoms with Crippen LogP contribution in [0.5, 0.6) is 0 Å². The van der Waals surface area contributed by atoms with Gasteiger partial charge in [0, 0.05) is 37.4 Å². The zero-order chi connectivity index (χ0) is 23.9. The number of fused-ring (bicyclic) bond motifs is 3. The number of sulfonamides is 1. The summed E-state index contributed by atoms with van der Waals surface area (Å²) in [5.74, 6) is 1.27. The molecule has 0 unspecified atom stereocenters. The van der Waals surface area contributed by atoms with E-state index in [9.17, 15) is 13.2 Å².